The molecule has 0 radical (unpaired) electrons. The number of alkyl halides is 6. The van der Waals surface area contributed by atoms with Gasteiger partial charge in [-0.1, -0.05) is 13.8 Å². The van der Waals surface area contributed by atoms with E-state index in [1.165, 1.54) is 20.9 Å². The van der Waals surface area contributed by atoms with Crippen LogP contribution in [0.5, 0.6) is 0 Å². The summed E-state index contributed by atoms with van der Waals surface area (Å²) in [4.78, 5) is 53.8. The van der Waals surface area contributed by atoms with Crippen molar-refractivity contribution in [2.24, 2.45) is 13.0 Å². The van der Waals surface area contributed by atoms with Gasteiger partial charge in [-0.25, -0.2) is 4.39 Å². The molecule has 0 saturated carbocycles. The minimum Gasteiger partial charge on any atom is -0.481 e. The Labute approximate surface area is 283 Å². The number of halogens is 7. The van der Waals surface area contributed by atoms with Gasteiger partial charge in [0.1, 0.15) is 11.9 Å². The van der Waals surface area contributed by atoms with E-state index in [9.17, 15) is 50.6 Å². The third kappa shape index (κ3) is 9.20. The third-order valence-electron chi connectivity index (χ3n) is 8.25. The number of carboxylic acid groups (broad SMARTS) is 1. The molecule has 9 nitrogen and oxygen atoms in total. The summed E-state index contributed by atoms with van der Waals surface area (Å²) in [5.74, 6) is -3.99. The van der Waals surface area contributed by atoms with Crippen LogP contribution in [0.15, 0.2) is 40.1 Å². The predicted octanol–water partition coefficient (Wildman–Crippen LogP) is 6.03. The van der Waals surface area contributed by atoms with Crippen LogP contribution in [0.4, 0.5) is 30.7 Å². The van der Waals surface area contributed by atoms with Crippen LogP contribution in [0.3, 0.4) is 0 Å². The zero-order valence-corrected chi connectivity index (χ0v) is 28.5. The van der Waals surface area contributed by atoms with Crippen molar-refractivity contribution in [1.82, 2.24) is 19.4 Å². The van der Waals surface area contributed by atoms with Gasteiger partial charge in [0.05, 0.1) is 29.2 Å². The first kappa shape index (κ1) is 40.0. The first-order valence-electron chi connectivity index (χ1n) is 15.5. The molecule has 274 valence electrons. The molecule has 2 aromatic heterocycles. The summed E-state index contributed by atoms with van der Waals surface area (Å²) in [6.45, 7) is 5.99. The fraction of sp³-hybridized carbons (Fsp3) is 0.471. The number of aliphatic carboxylic acids is 1. The molecule has 0 aliphatic rings. The van der Waals surface area contributed by atoms with Gasteiger partial charge in [0.25, 0.3) is 11.1 Å². The molecule has 1 aromatic carbocycles. The van der Waals surface area contributed by atoms with Gasteiger partial charge < -0.3 is 24.5 Å². The lowest BCUT2D eigenvalue weighted by Crippen LogP contribution is -2.41. The molecule has 0 spiro atoms. The number of likely N-dealkylation sites (N-methyl/N-ethyl adjacent to an activating group) is 1. The molecular formula is C34H39F7N4O5. The molecule has 1 amide bonds. The molecule has 2 heterocycles. The Hall–Kier alpha value is -4.47. The zero-order valence-electron chi connectivity index (χ0n) is 28.5. The number of pyridine rings is 2. The number of benzene rings is 1. The third-order valence-corrected chi connectivity index (χ3v) is 8.25. The van der Waals surface area contributed by atoms with Crippen LogP contribution in [0.2, 0.25) is 0 Å². The van der Waals surface area contributed by atoms with E-state index in [0.717, 1.165) is 33.5 Å². The average molecular weight is 717 g/mol. The Morgan fingerprint density at radius 2 is 1.56 bits per heavy atom. The molecule has 3 aromatic rings. The van der Waals surface area contributed by atoms with Crippen LogP contribution >= 0.6 is 0 Å². The summed E-state index contributed by atoms with van der Waals surface area (Å²) in [6, 6.07) is -0.246. The van der Waals surface area contributed by atoms with E-state index in [1.54, 1.807) is 32.8 Å². The molecule has 0 aliphatic carbocycles. The first-order chi connectivity index (χ1) is 22.9. The number of amides is 1. The zero-order chi connectivity index (χ0) is 38.0. The van der Waals surface area contributed by atoms with Gasteiger partial charge in [0, 0.05) is 37.1 Å². The normalized spacial score (nSPS) is 13.5. The molecule has 2 N–H and O–H groups in total. The molecule has 50 heavy (non-hydrogen) atoms. The van der Waals surface area contributed by atoms with Gasteiger partial charge in [0.15, 0.2) is 0 Å². The van der Waals surface area contributed by atoms with Crippen LogP contribution in [-0.4, -0.2) is 51.7 Å². The van der Waals surface area contributed by atoms with Crippen molar-refractivity contribution < 1.29 is 45.4 Å². The highest BCUT2D eigenvalue weighted by Crippen LogP contribution is 2.38. The molecule has 3 rings (SSSR count). The Bertz CT molecular complexity index is 1880. The van der Waals surface area contributed by atoms with Gasteiger partial charge in [-0.3, -0.25) is 19.2 Å². The number of rotatable bonds is 12. The van der Waals surface area contributed by atoms with Gasteiger partial charge in [-0.05, 0) is 81.6 Å². The highest BCUT2D eigenvalue weighted by Gasteiger charge is 2.38. The van der Waals surface area contributed by atoms with Crippen LogP contribution in [0.25, 0.3) is 11.1 Å². The molecule has 0 aliphatic heterocycles. The van der Waals surface area contributed by atoms with E-state index < -0.39 is 81.9 Å². The second-order valence-corrected chi connectivity index (χ2v) is 12.9. The number of nitrogens with zero attached hydrogens (tertiary/aromatic N) is 3. The number of hydrogen-bond donors (Lipinski definition) is 2. The Morgan fingerprint density at radius 1 is 0.960 bits per heavy atom. The maximum Gasteiger partial charge on any atom is 0.417 e. The van der Waals surface area contributed by atoms with Gasteiger partial charge in [-0.2, -0.15) is 26.3 Å². The van der Waals surface area contributed by atoms with E-state index in [-0.39, 0.29) is 47.7 Å². The van der Waals surface area contributed by atoms with E-state index in [0.29, 0.717) is 6.07 Å². The predicted molar refractivity (Wildman–Crippen MR) is 171 cm³/mol. The van der Waals surface area contributed by atoms with E-state index >= 15 is 4.39 Å². The van der Waals surface area contributed by atoms with Crippen LogP contribution in [-0.2, 0) is 35.4 Å². The van der Waals surface area contributed by atoms with Crippen molar-refractivity contribution in [3.63, 3.8) is 0 Å². The summed E-state index contributed by atoms with van der Waals surface area (Å²) < 4.78 is 102. The molecule has 2 atom stereocenters. The molecule has 16 heteroatoms. The molecular weight excluding hydrogens is 677 g/mol. The SMILES string of the molecule is Cc1cc(-c2c(C(F)(F)F)cc(C)n(C)c2=O)cc([C@H](CC(=O)O)NC(=O)[C@@H](CC(C)C)n2cc(CCN(C)C)c(C(F)(F)F)cc2=O)c1F. The van der Waals surface area contributed by atoms with Crippen LogP contribution in [0.1, 0.15) is 72.3 Å². The van der Waals surface area contributed by atoms with Crippen LogP contribution in [0, 0.1) is 25.6 Å². The summed E-state index contributed by atoms with van der Waals surface area (Å²) in [7, 11) is 4.52. The highest BCUT2D eigenvalue weighted by atomic mass is 19.4. The quantitative estimate of drug-likeness (QED) is 0.222. The molecule has 0 unspecified atom stereocenters. The maximum atomic E-state index is 15.8. The minimum atomic E-state index is -5.00. The number of aromatic nitrogens is 2. The Morgan fingerprint density at radius 3 is 2.08 bits per heavy atom. The summed E-state index contributed by atoms with van der Waals surface area (Å²) >= 11 is 0. The highest BCUT2D eigenvalue weighted by molar-refractivity contribution is 5.82. The van der Waals surface area contributed by atoms with Crippen molar-refractivity contribution in [1.29, 1.82) is 0 Å². The second-order valence-electron chi connectivity index (χ2n) is 12.9. The first-order valence-corrected chi connectivity index (χ1v) is 15.5. The number of carboxylic acids is 1. The van der Waals surface area contributed by atoms with Gasteiger partial charge in [0.2, 0.25) is 5.91 Å². The smallest absolute Gasteiger partial charge is 0.417 e. The fourth-order valence-corrected chi connectivity index (χ4v) is 5.64. The molecule has 0 saturated heterocycles. The van der Waals surface area contributed by atoms with Crippen molar-refractivity contribution in [3.05, 3.63) is 90.5 Å². The largest absolute Gasteiger partial charge is 0.481 e. The topological polar surface area (TPSA) is 114 Å². The average Bonchev–Trinajstić information content (AvgIpc) is 2.97. The summed E-state index contributed by atoms with van der Waals surface area (Å²) in [6.07, 6.45) is -10.2. The number of carbonyl (C=O) groups is 2. The van der Waals surface area contributed by atoms with Crippen molar-refractivity contribution in [2.45, 2.75) is 71.4 Å². The standard InChI is InChI=1S/C34H39F7N4O5/c1-17(2)10-26(45-16-20(8-9-43(5)6)23(14-27(45)46)33(36,37)38)31(49)42-25(15-28(47)48)22-13-21(11-18(3)30(22)35)29-24(34(39,40)41)12-19(4)44(7)32(29)50/h11-14,16-17,25-26H,8-10,15H2,1-7H3,(H,42,49)(H,47,48)/t25-,26+/m0/s1. The Balaban J connectivity index is 2.23. The number of hydrogen-bond acceptors (Lipinski definition) is 5. The lowest BCUT2D eigenvalue weighted by Gasteiger charge is -2.27. The number of nitrogens with one attached hydrogen (secondary N) is 1. The minimum absolute atomic E-state index is 0.0132. The Kier molecular flexibility index (Phi) is 12.1. The van der Waals surface area contributed by atoms with Crippen molar-refractivity contribution in [2.75, 3.05) is 20.6 Å². The second kappa shape index (κ2) is 15.2. The van der Waals surface area contributed by atoms with Crippen molar-refractivity contribution in [3.8, 4) is 11.1 Å². The molecule has 0 bridgehead atoms. The van der Waals surface area contributed by atoms with E-state index in [4.69, 9.17) is 0 Å². The lowest BCUT2D eigenvalue weighted by molar-refractivity contribution is -0.139. The van der Waals surface area contributed by atoms with Gasteiger partial charge >= 0.3 is 18.3 Å². The van der Waals surface area contributed by atoms with E-state index in [1.807, 2.05) is 0 Å². The fourth-order valence-electron chi connectivity index (χ4n) is 5.64. The van der Waals surface area contributed by atoms with Crippen molar-refractivity contribution >= 4 is 11.9 Å². The number of aryl methyl sites for hydroxylation is 2. The number of carbonyl (C=O) groups excluding carboxylic acids is 1. The van der Waals surface area contributed by atoms with E-state index in [2.05, 4.69) is 5.32 Å². The monoisotopic (exact) mass is 716 g/mol. The lowest BCUT2D eigenvalue weighted by atomic mass is 9.92. The summed E-state index contributed by atoms with van der Waals surface area (Å²) in [5.41, 5.74) is -7.03. The summed E-state index contributed by atoms with van der Waals surface area (Å²) in [5, 5.41) is 12.1. The van der Waals surface area contributed by atoms with Crippen LogP contribution < -0.4 is 16.4 Å². The maximum absolute atomic E-state index is 15.8. The van der Waals surface area contributed by atoms with Gasteiger partial charge in [-0.15, -0.1) is 0 Å². The molecule has 0 fully saturated rings.